The maximum atomic E-state index is 7.00. The lowest BCUT2D eigenvalue weighted by Crippen LogP contribution is -1.43. The van der Waals surface area contributed by atoms with E-state index >= 15 is 0 Å². The van der Waals surface area contributed by atoms with Gasteiger partial charge in [-0.1, -0.05) is 7.43 Å². The molecule has 0 spiro atoms. The Morgan fingerprint density at radius 1 is 0.929 bits per heavy atom. The monoisotopic (exact) mass is 256 g/mol. The lowest BCUT2D eigenvalue weighted by Gasteiger charge is -1.56. The first kappa shape index (κ1) is 69.3. The van der Waals surface area contributed by atoms with Crippen LogP contribution >= 0.6 is 12.9 Å². The molecule has 0 aliphatic heterocycles. The van der Waals surface area contributed by atoms with Gasteiger partial charge in [-0.15, -0.1) is 0 Å². The molecule has 0 atom stereocenters. The van der Waals surface area contributed by atoms with Crippen LogP contribution in [0.3, 0.4) is 0 Å². The molecule has 0 heterocycles. The van der Waals surface area contributed by atoms with Crippen molar-refractivity contribution in [1.82, 2.24) is 0 Å². The van der Waals surface area contributed by atoms with Gasteiger partial charge in [-0.2, -0.15) is 4.33 Å². The first-order valence-electron chi connectivity index (χ1n) is 1.32. The zero-order chi connectivity index (χ0) is 9.41. The highest BCUT2D eigenvalue weighted by molar-refractivity contribution is 7.74. The Bertz CT molecular complexity index is 23.1. The minimum Gasteiger partial charge on any atom is -0.412 e. The molecule has 0 radical (unpaired) electrons. The van der Waals surface area contributed by atoms with Gasteiger partial charge in [0.25, 0.3) is 1.43 Å². The molecule has 0 aliphatic carbocycles. The highest BCUT2D eigenvalue weighted by Crippen LogP contribution is 1.56. The summed E-state index contributed by atoms with van der Waals surface area (Å²) in [6, 6.07) is 0. The molecule has 0 aliphatic rings. The lowest BCUT2D eigenvalue weighted by atomic mass is 12.0. The average Bonchev–Trinajstić information content (AvgIpc) is 2.14. The quantitative estimate of drug-likeness (QED) is 0.129. The van der Waals surface area contributed by atoms with E-state index in [0.717, 1.165) is 0 Å². The molecule has 13 heteroatoms. The van der Waals surface area contributed by atoms with Gasteiger partial charge in [-0.3, -0.25) is 21.0 Å². The number of thiol groups is 1. The Morgan fingerprint density at radius 3 is 1.00 bits per heavy atom. The lowest BCUT2D eigenvalue weighted by molar-refractivity contribution is -0.176. The highest BCUT2D eigenvalue weighted by atomic mass is 32.1. The summed E-state index contributed by atoms with van der Waals surface area (Å²) in [6.07, 6.45) is 0. The molecule has 100 valence electrons. The highest BCUT2D eigenvalue weighted by Gasteiger charge is 1.28. The summed E-state index contributed by atoms with van der Waals surface area (Å²) in [7, 11) is 0. The van der Waals surface area contributed by atoms with Gasteiger partial charge in [0.05, 0.1) is 0 Å². The van der Waals surface area contributed by atoms with Crippen LogP contribution in [-0.4, -0.2) is 48.2 Å². The van der Waals surface area contributed by atoms with Crippen LogP contribution in [0.5, 0.6) is 0 Å². The van der Waals surface area contributed by atoms with E-state index in [2.05, 4.69) is 22.5 Å². The molecule has 13 N–H and O–H groups in total. The topological polar surface area (TPSA) is 271 Å². The van der Waals surface area contributed by atoms with E-state index in [-0.39, 0.29) is 29.3 Å². The Kier molecular flexibility index (Phi) is 27400. The SMILES string of the molecule is C.O.O.O.O.O=O.OO.OO.[3H]OOS. The fourth-order valence-electron chi connectivity index (χ4n) is 0. The summed E-state index contributed by atoms with van der Waals surface area (Å²) in [5, 5.41) is 27.2. The number of hydrogen-bond donors (Lipinski definition) is 6. The van der Waals surface area contributed by atoms with Crippen LogP contribution < -0.4 is 0 Å². The fourth-order valence-corrected chi connectivity index (χ4v) is 0. The van der Waals surface area contributed by atoms with Crippen molar-refractivity contribution in [3.63, 3.8) is 0 Å². The molecule has 0 saturated heterocycles. The molecule has 0 fully saturated rings. The Balaban J connectivity index is -0.00000000432. The molecular formula is CH18O12S. The molecular weight excluding hydrogens is 236 g/mol. The number of hydrogen-bond acceptors (Lipinski definition) is 9. The van der Waals surface area contributed by atoms with Crippen LogP contribution in [0.25, 0.3) is 1.43 Å². The summed E-state index contributed by atoms with van der Waals surface area (Å²) in [5.41, 5.74) is 0. The minimum atomic E-state index is 0. The normalized spacial score (nSPS) is 3.36. The molecule has 0 aromatic rings. The zero-order valence-electron chi connectivity index (χ0n) is 6.87. The average molecular weight is 256 g/mol. The summed E-state index contributed by atoms with van der Waals surface area (Å²) < 4.78 is 9.06. The molecule has 0 saturated carbocycles. The van der Waals surface area contributed by atoms with E-state index in [1.54, 1.807) is 0 Å². The standard InChI is InChI=1S/CH4.H2O2S.2H2O2.O2.4H2O/c;1-2-3;3*1-2;;;;/h1H4;1,3H;2*1-2H;;4*1H2/i/hT. The molecule has 14 heavy (non-hydrogen) atoms. The van der Waals surface area contributed by atoms with Crippen molar-refractivity contribution in [1.29, 1.82) is 1.43 Å². The van der Waals surface area contributed by atoms with E-state index in [0.29, 0.717) is 0 Å². The van der Waals surface area contributed by atoms with E-state index < -0.39 is 0 Å². The van der Waals surface area contributed by atoms with Crippen molar-refractivity contribution in [2.24, 2.45) is 0 Å². The Morgan fingerprint density at radius 2 is 1.00 bits per heavy atom. The summed E-state index contributed by atoms with van der Waals surface area (Å²) in [5.74, 6) is 0. The molecule has 12 nitrogen and oxygen atoms in total. The molecule has 0 amide bonds. The molecule has 0 unspecified atom stereocenters. The second-order valence-corrected chi connectivity index (χ2v) is 0.224. The largest absolute Gasteiger partial charge is 0.412 e. The first-order chi connectivity index (χ1) is 4.91. The van der Waals surface area contributed by atoms with Gasteiger partial charge in [0.15, 0.2) is 0 Å². The summed E-state index contributed by atoms with van der Waals surface area (Å²) >= 11 is 3.01. The van der Waals surface area contributed by atoms with Crippen LogP contribution in [0.4, 0.5) is 0 Å². The van der Waals surface area contributed by atoms with Gasteiger partial charge in [0, 0.05) is 22.8 Å². The van der Waals surface area contributed by atoms with Crippen LogP contribution in [0, 0.1) is 9.93 Å². The third-order valence-corrected chi connectivity index (χ3v) is 0. The van der Waals surface area contributed by atoms with Gasteiger partial charge in [0.2, 0.25) is 0 Å². The van der Waals surface area contributed by atoms with E-state index in [9.17, 15) is 0 Å². The van der Waals surface area contributed by atoms with Crippen LogP contribution in [0.1, 0.15) is 7.43 Å². The van der Waals surface area contributed by atoms with E-state index in [1.807, 2.05) is 0 Å². The predicted molar refractivity (Wildman–Crippen MR) is 51.1 cm³/mol. The molecule has 0 bridgehead atoms. The van der Waals surface area contributed by atoms with Gasteiger partial charge >= 0.3 is 0 Å². The van der Waals surface area contributed by atoms with Crippen molar-refractivity contribution < 1.29 is 52.5 Å². The van der Waals surface area contributed by atoms with Gasteiger partial charge in [0.1, 0.15) is 0 Å². The number of rotatable bonds is 1. The van der Waals surface area contributed by atoms with Crippen molar-refractivity contribution in [3.05, 3.63) is 9.93 Å². The van der Waals surface area contributed by atoms with Gasteiger partial charge < -0.3 is 21.9 Å². The first-order valence-corrected chi connectivity index (χ1v) is 1.28. The molecule has 0 rings (SSSR count). The second-order valence-electron chi connectivity index (χ2n) is 0.0745. The maximum Gasteiger partial charge on any atom is 0.256 e. The van der Waals surface area contributed by atoms with Crippen molar-refractivity contribution in [2.45, 2.75) is 7.43 Å². The van der Waals surface area contributed by atoms with Crippen LogP contribution in [-0.2, 0) is 4.33 Å². The van der Waals surface area contributed by atoms with E-state index in [4.69, 9.17) is 32.4 Å². The zero-order valence-corrected chi connectivity index (χ0v) is 6.76. The molecule has 0 aromatic heterocycles. The Hall–Kier alpha value is -0.450. The fraction of sp³-hybridized carbons (Fsp3) is 1.00. The van der Waals surface area contributed by atoms with Crippen molar-refractivity contribution >= 4 is 12.9 Å². The van der Waals surface area contributed by atoms with Crippen molar-refractivity contribution in [2.75, 3.05) is 0 Å². The van der Waals surface area contributed by atoms with Gasteiger partial charge in [-0.05, 0) is 0 Å². The smallest absolute Gasteiger partial charge is 0.256 e. The molecule has 0 aromatic carbocycles. The van der Waals surface area contributed by atoms with Crippen LogP contribution in [0.2, 0.25) is 0 Å². The Labute approximate surface area is 85.3 Å². The summed E-state index contributed by atoms with van der Waals surface area (Å²) in [6.45, 7) is 0. The maximum absolute atomic E-state index is 7.00. The van der Waals surface area contributed by atoms with Gasteiger partial charge in [-0.25, -0.2) is 5.26 Å². The third kappa shape index (κ3) is 6350. The summed E-state index contributed by atoms with van der Waals surface area (Å²) in [4.78, 5) is 14.0. The predicted octanol–water partition coefficient (Wildman–Crippen LogP) is -2.24. The van der Waals surface area contributed by atoms with Crippen molar-refractivity contribution in [3.8, 4) is 0 Å². The third-order valence-electron chi connectivity index (χ3n) is 0. The second kappa shape index (κ2) is 5530. The van der Waals surface area contributed by atoms with E-state index in [1.165, 1.54) is 0 Å². The minimum absolute atomic E-state index is 0. The van der Waals surface area contributed by atoms with Crippen LogP contribution in [0.15, 0.2) is 0 Å².